The third-order valence-corrected chi connectivity index (χ3v) is 4.07. The number of fused-ring (bicyclic) bond motifs is 1. The number of hydrogen-bond acceptors (Lipinski definition) is 5. The molecule has 0 aromatic heterocycles. The van der Waals surface area contributed by atoms with Crippen LogP contribution in [0.1, 0.15) is 24.2 Å². The van der Waals surface area contributed by atoms with Crippen molar-refractivity contribution in [3.63, 3.8) is 0 Å². The van der Waals surface area contributed by atoms with Gasteiger partial charge in [0.05, 0.1) is 41.2 Å². The molecule has 2 unspecified atom stereocenters. The molecule has 1 aromatic rings. The summed E-state index contributed by atoms with van der Waals surface area (Å²) >= 11 is 5.69. The summed E-state index contributed by atoms with van der Waals surface area (Å²) in [5.74, 6) is 2.75. The Morgan fingerprint density at radius 2 is 1.91 bits per heavy atom. The Balaban J connectivity index is 2.49. The van der Waals surface area contributed by atoms with E-state index < -0.39 is 0 Å². The molecule has 23 heavy (non-hydrogen) atoms. The third-order valence-electron chi connectivity index (χ3n) is 3.92. The highest BCUT2D eigenvalue weighted by Crippen LogP contribution is 2.47. The minimum absolute atomic E-state index is 0.215. The van der Waals surface area contributed by atoms with Crippen LogP contribution in [0.4, 0.5) is 0 Å². The first kappa shape index (κ1) is 18.2. The van der Waals surface area contributed by atoms with Crippen LogP contribution in [0.15, 0.2) is 6.07 Å². The Labute approximate surface area is 142 Å². The summed E-state index contributed by atoms with van der Waals surface area (Å²) in [4.78, 5) is 0. The van der Waals surface area contributed by atoms with Crippen LogP contribution >= 0.6 is 11.6 Å². The van der Waals surface area contributed by atoms with Gasteiger partial charge in [0.2, 0.25) is 5.75 Å². The molecule has 5 nitrogen and oxygen atoms in total. The maximum atomic E-state index is 6.06. The van der Waals surface area contributed by atoms with Gasteiger partial charge in [0, 0.05) is 11.4 Å². The maximum Gasteiger partial charge on any atom is 0.203 e. The highest BCUT2D eigenvalue weighted by molar-refractivity contribution is 6.17. The molecule has 1 heterocycles. The van der Waals surface area contributed by atoms with Crippen LogP contribution in [-0.4, -0.2) is 47.0 Å². The van der Waals surface area contributed by atoms with Crippen LogP contribution in [-0.2, 0) is 15.9 Å². The molecule has 1 aliphatic heterocycles. The van der Waals surface area contributed by atoms with E-state index >= 15 is 0 Å². The van der Waals surface area contributed by atoms with Gasteiger partial charge in [-0.1, -0.05) is 6.92 Å². The molecule has 6 heteroatoms. The van der Waals surface area contributed by atoms with Crippen molar-refractivity contribution in [3.05, 3.63) is 17.2 Å². The van der Waals surface area contributed by atoms with Gasteiger partial charge in [0.25, 0.3) is 0 Å². The normalized spacial score (nSPS) is 20.6. The van der Waals surface area contributed by atoms with E-state index in [2.05, 4.69) is 6.92 Å². The fraction of sp³-hybridized carbons (Fsp3) is 0.647. The van der Waals surface area contributed by atoms with Crippen molar-refractivity contribution in [2.75, 3.05) is 47.0 Å². The Morgan fingerprint density at radius 3 is 2.52 bits per heavy atom. The van der Waals surface area contributed by atoms with Crippen LogP contribution in [0.25, 0.3) is 0 Å². The summed E-state index contributed by atoms with van der Waals surface area (Å²) in [5.41, 5.74) is 2.12. The summed E-state index contributed by atoms with van der Waals surface area (Å²) in [6.07, 6.45) is 0.672. The highest BCUT2D eigenvalue weighted by atomic mass is 35.5. The summed E-state index contributed by atoms with van der Waals surface area (Å²) in [6, 6.07) is 2.01. The smallest absolute Gasteiger partial charge is 0.203 e. The molecule has 2 atom stereocenters. The van der Waals surface area contributed by atoms with E-state index in [-0.39, 0.29) is 6.10 Å². The second kappa shape index (κ2) is 8.62. The van der Waals surface area contributed by atoms with Gasteiger partial charge in [0.15, 0.2) is 11.5 Å². The van der Waals surface area contributed by atoms with Crippen molar-refractivity contribution in [1.82, 2.24) is 0 Å². The van der Waals surface area contributed by atoms with E-state index in [4.69, 9.17) is 35.3 Å². The van der Waals surface area contributed by atoms with E-state index in [1.165, 1.54) is 0 Å². The maximum absolute atomic E-state index is 6.06. The summed E-state index contributed by atoms with van der Waals surface area (Å²) in [5, 5.41) is 0. The van der Waals surface area contributed by atoms with E-state index in [1.807, 2.05) is 6.07 Å². The second-order valence-corrected chi connectivity index (χ2v) is 5.99. The summed E-state index contributed by atoms with van der Waals surface area (Å²) in [7, 11) is 4.86. The molecule has 0 spiro atoms. The molecule has 130 valence electrons. The van der Waals surface area contributed by atoms with Gasteiger partial charge in [0.1, 0.15) is 6.10 Å². The lowest BCUT2D eigenvalue weighted by atomic mass is 9.94. The average molecular weight is 345 g/mol. The zero-order valence-electron chi connectivity index (χ0n) is 14.2. The standard InChI is InChI=1S/C17H25ClO5/c1-11-7-12-8-13(19-2)16(20-3)17(21-4)15(12)14(23-9-11)10-22-6-5-18/h8,11,14H,5-7,9-10H2,1-4H3. The van der Waals surface area contributed by atoms with Crippen molar-refractivity contribution >= 4 is 11.6 Å². The van der Waals surface area contributed by atoms with E-state index in [1.54, 1.807) is 21.3 Å². The first-order valence-corrected chi connectivity index (χ1v) is 8.26. The molecule has 0 bridgehead atoms. The van der Waals surface area contributed by atoms with Crippen molar-refractivity contribution < 1.29 is 23.7 Å². The molecular formula is C17H25ClO5. The largest absolute Gasteiger partial charge is 0.493 e. The minimum Gasteiger partial charge on any atom is -0.493 e. The van der Waals surface area contributed by atoms with Crippen molar-refractivity contribution in [1.29, 1.82) is 0 Å². The van der Waals surface area contributed by atoms with Gasteiger partial charge < -0.3 is 23.7 Å². The van der Waals surface area contributed by atoms with E-state index in [0.29, 0.717) is 48.9 Å². The number of halogens is 1. The number of ether oxygens (including phenoxy) is 5. The predicted octanol–water partition coefficient (Wildman–Crippen LogP) is 3.22. The number of methoxy groups -OCH3 is 3. The lowest BCUT2D eigenvalue weighted by molar-refractivity contribution is -0.0225. The predicted molar refractivity (Wildman–Crippen MR) is 89.2 cm³/mol. The lowest BCUT2D eigenvalue weighted by Gasteiger charge is -2.23. The van der Waals surface area contributed by atoms with Gasteiger partial charge in [-0.15, -0.1) is 11.6 Å². The Kier molecular flexibility index (Phi) is 6.81. The Hall–Kier alpha value is -1.17. The van der Waals surface area contributed by atoms with Gasteiger partial charge in [-0.25, -0.2) is 0 Å². The van der Waals surface area contributed by atoms with E-state index in [0.717, 1.165) is 17.5 Å². The lowest BCUT2D eigenvalue weighted by Crippen LogP contribution is -2.15. The van der Waals surface area contributed by atoms with Crippen molar-refractivity contribution in [3.8, 4) is 17.2 Å². The van der Waals surface area contributed by atoms with E-state index in [9.17, 15) is 0 Å². The molecule has 0 saturated carbocycles. The molecule has 0 aliphatic carbocycles. The molecule has 2 rings (SSSR count). The number of alkyl halides is 1. The monoisotopic (exact) mass is 344 g/mol. The van der Waals surface area contributed by atoms with Gasteiger partial charge in [-0.2, -0.15) is 0 Å². The third kappa shape index (κ3) is 4.03. The van der Waals surface area contributed by atoms with Gasteiger partial charge in [-0.3, -0.25) is 0 Å². The van der Waals surface area contributed by atoms with Crippen LogP contribution in [0.5, 0.6) is 17.2 Å². The van der Waals surface area contributed by atoms with Crippen LogP contribution in [0.3, 0.4) is 0 Å². The van der Waals surface area contributed by atoms with Gasteiger partial charge >= 0.3 is 0 Å². The number of hydrogen-bond donors (Lipinski definition) is 0. The van der Waals surface area contributed by atoms with Crippen LogP contribution < -0.4 is 14.2 Å². The topological polar surface area (TPSA) is 46.2 Å². The highest BCUT2D eigenvalue weighted by Gasteiger charge is 2.30. The minimum atomic E-state index is -0.215. The Bertz CT molecular complexity index is 520. The first-order chi connectivity index (χ1) is 11.2. The summed E-state index contributed by atoms with van der Waals surface area (Å²) < 4.78 is 28.3. The summed E-state index contributed by atoms with van der Waals surface area (Å²) in [6.45, 7) is 3.74. The molecule has 1 aromatic carbocycles. The molecule has 0 N–H and O–H groups in total. The number of benzene rings is 1. The molecule has 0 fully saturated rings. The molecule has 0 amide bonds. The fourth-order valence-electron chi connectivity index (χ4n) is 2.93. The second-order valence-electron chi connectivity index (χ2n) is 5.61. The van der Waals surface area contributed by atoms with Crippen molar-refractivity contribution in [2.45, 2.75) is 19.4 Å². The molecule has 1 aliphatic rings. The molecule has 0 radical (unpaired) electrons. The zero-order chi connectivity index (χ0) is 16.8. The molecule has 0 saturated heterocycles. The van der Waals surface area contributed by atoms with Crippen LogP contribution in [0.2, 0.25) is 0 Å². The van der Waals surface area contributed by atoms with Crippen LogP contribution in [0, 0.1) is 5.92 Å². The first-order valence-electron chi connectivity index (χ1n) is 7.73. The Morgan fingerprint density at radius 1 is 1.17 bits per heavy atom. The zero-order valence-corrected chi connectivity index (χ0v) is 14.9. The van der Waals surface area contributed by atoms with Crippen molar-refractivity contribution in [2.24, 2.45) is 5.92 Å². The SMILES string of the molecule is COc1cc2c(c(OC)c1OC)C(COCCCl)OCC(C)C2. The average Bonchev–Trinajstić information content (AvgIpc) is 2.71. The quantitative estimate of drug-likeness (QED) is 0.561. The number of rotatable bonds is 7. The fourth-order valence-corrected chi connectivity index (χ4v) is 3.03. The molecular weight excluding hydrogens is 320 g/mol. The van der Waals surface area contributed by atoms with Gasteiger partial charge in [-0.05, 0) is 24.0 Å².